The van der Waals surface area contributed by atoms with Crippen molar-refractivity contribution in [3.05, 3.63) is 40.2 Å². The molecule has 5 heteroatoms. The van der Waals surface area contributed by atoms with Gasteiger partial charge in [0.15, 0.2) is 6.73 Å². The van der Waals surface area contributed by atoms with Crippen molar-refractivity contribution < 1.29 is 4.74 Å². The minimum Gasteiger partial charge on any atom is -0.471 e. The molecule has 0 aliphatic carbocycles. The molecular weight excluding hydrogens is 250 g/mol. The van der Waals surface area contributed by atoms with E-state index >= 15 is 0 Å². The predicted octanol–water partition coefficient (Wildman–Crippen LogP) is 3.08. The first kappa shape index (κ1) is 12.8. The van der Waals surface area contributed by atoms with Crippen molar-refractivity contribution in [2.24, 2.45) is 0 Å². The number of nitrogens with two attached hydrogens (primary N) is 1. The van der Waals surface area contributed by atoms with Gasteiger partial charge in [-0.2, -0.15) is 5.10 Å². The zero-order valence-corrected chi connectivity index (χ0v) is 11.5. The normalized spacial score (nSPS) is 10.7. The van der Waals surface area contributed by atoms with Crippen LogP contribution in [0.5, 0.6) is 5.75 Å². The lowest BCUT2D eigenvalue weighted by Gasteiger charge is -2.09. The molecule has 0 saturated carbocycles. The molecule has 0 amide bonds. The topological polar surface area (TPSA) is 53.1 Å². The van der Waals surface area contributed by atoms with E-state index in [-0.39, 0.29) is 0 Å². The molecule has 0 bridgehead atoms. The van der Waals surface area contributed by atoms with E-state index in [1.165, 1.54) is 0 Å². The highest BCUT2D eigenvalue weighted by atomic mass is 35.5. The van der Waals surface area contributed by atoms with Crippen LogP contribution in [0.25, 0.3) is 0 Å². The molecular formula is C13H16ClN3O. The monoisotopic (exact) mass is 265 g/mol. The van der Waals surface area contributed by atoms with Gasteiger partial charge in [0.05, 0.1) is 17.1 Å². The molecule has 18 heavy (non-hydrogen) atoms. The molecule has 0 fully saturated rings. The minimum atomic E-state index is 0.338. The number of ether oxygens (including phenoxy) is 1. The van der Waals surface area contributed by atoms with Crippen molar-refractivity contribution in [3.63, 3.8) is 0 Å². The van der Waals surface area contributed by atoms with Gasteiger partial charge in [0.1, 0.15) is 5.75 Å². The minimum absolute atomic E-state index is 0.338. The second kappa shape index (κ2) is 4.90. The van der Waals surface area contributed by atoms with Crippen LogP contribution in [0.3, 0.4) is 0 Å². The first-order valence-corrected chi connectivity index (χ1v) is 6.05. The summed E-state index contributed by atoms with van der Waals surface area (Å²) < 4.78 is 7.41. The van der Waals surface area contributed by atoms with E-state index in [0.717, 1.165) is 27.7 Å². The molecule has 1 heterocycles. The Morgan fingerprint density at radius 3 is 2.61 bits per heavy atom. The smallest absolute Gasteiger partial charge is 0.181 e. The van der Waals surface area contributed by atoms with E-state index in [9.17, 15) is 0 Å². The van der Waals surface area contributed by atoms with E-state index in [0.29, 0.717) is 12.4 Å². The van der Waals surface area contributed by atoms with Crippen LogP contribution < -0.4 is 10.5 Å². The Bertz CT molecular complexity index is 578. The number of benzene rings is 1. The molecule has 0 unspecified atom stereocenters. The number of hydrogen-bond donors (Lipinski definition) is 1. The quantitative estimate of drug-likeness (QED) is 0.928. The standard InChI is InChI=1S/C13H16ClN3O/c1-8-6-11(4-5-12(8)14)18-7-17-10(3)13(15)9(2)16-17/h4-6H,7,15H2,1-3H3. The highest BCUT2D eigenvalue weighted by molar-refractivity contribution is 6.31. The van der Waals surface area contributed by atoms with E-state index < -0.39 is 0 Å². The van der Waals surface area contributed by atoms with Crippen LogP contribution in [0.4, 0.5) is 5.69 Å². The Morgan fingerprint density at radius 2 is 2.06 bits per heavy atom. The van der Waals surface area contributed by atoms with Crippen molar-refractivity contribution in [1.82, 2.24) is 9.78 Å². The van der Waals surface area contributed by atoms with Gasteiger partial charge in [-0.25, -0.2) is 4.68 Å². The lowest BCUT2D eigenvalue weighted by atomic mass is 10.2. The molecule has 0 spiro atoms. The lowest BCUT2D eigenvalue weighted by molar-refractivity contribution is 0.218. The van der Waals surface area contributed by atoms with Crippen molar-refractivity contribution in [2.45, 2.75) is 27.5 Å². The van der Waals surface area contributed by atoms with Crippen molar-refractivity contribution in [3.8, 4) is 5.75 Å². The lowest BCUT2D eigenvalue weighted by Crippen LogP contribution is -2.09. The van der Waals surface area contributed by atoms with E-state index in [1.807, 2.05) is 39.0 Å². The average Bonchev–Trinajstić information content (AvgIpc) is 2.58. The van der Waals surface area contributed by atoms with Crippen LogP contribution in [0, 0.1) is 20.8 Å². The molecule has 0 saturated heterocycles. The highest BCUT2D eigenvalue weighted by Gasteiger charge is 2.08. The molecule has 0 atom stereocenters. The molecule has 0 radical (unpaired) electrons. The highest BCUT2D eigenvalue weighted by Crippen LogP contribution is 2.22. The number of aromatic nitrogens is 2. The molecule has 4 nitrogen and oxygen atoms in total. The van der Waals surface area contributed by atoms with Crippen LogP contribution in [0.15, 0.2) is 18.2 Å². The van der Waals surface area contributed by atoms with Gasteiger partial charge in [-0.3, -0.25) is 0 Å². The van der Waals surface area contributed by atoms with Crippen molar-refractivity contribution in [2.75, 3.05) is 5.73 Å². The molecule has 2 aromatic rings. The van der Waals surface area contributed by atoms with Gasteiger partial charge < -0.3 is 10.5 Å². The maximum Gasteiger partial charge on any atom is 0.181 e. The fourth-order valence-corrected chi connectivity index (χ4v) is 1.80. The first-order valence-electron chi connectivity index (χ1n) is 5.67. The molecule has 1 aromatic heterocycles. The van der Waals surface area contributed by atoms with Gasteiger partial charge in [0, 0.05) is 5.02 Å². The van der Waals surface area contributed by atoms with E-state index in [2.05, 4.69) is 5.10 Å². The van der Waals surface area contributed by atoms with Gasteiger partial charge in [0.25, 0.3) is 0 Å². The Kier molecular flexibility index (Phi) is 3.48. The SMILES string of the molecule is Cc1cc(OCn2nc(C)c(N)c2C)ccc1Cl. The summed E-state index contributed by atoms with van der Waals surface area (Å²) >= 11 is 5.96. The van der Waals surface area contributed by atoms with Crippen LogP contribution in [0.2, 0.25) is 5.02 Å². The second-order valence-corrected chi connectivity index (χ2v) is 4.68. The maximum atomic E-state index is 5.96. The Labute approximate surface area is 111 Å². The third-order valence-electron chi connectivity index (χ3n) is 2.92. The fraction of sp³-hybridized carbons (Fsp3) is 0.308. The molecule has 0 aliphatic heterocycles. The summed E-state index contributed by atoms with van der Waals surface area (Å²) in [4.78, 5) is 0. The second-order valence-electron chi connectivity index (χ2n) is 4.27. The van der Waals surface area contributed by atoms with E-state index in [1.54, 1.807) is 4.68 Å². The number of nitrogens with zero attached hydrogens (tertiary/aromatic N) is 2. The number of hydrogen-bond acceptors (Lipinski definition) is 3. The van der Waals surface area contributed by atoms with Crippen molar-refractivity contribution >= 4 is 17.3 Å². The Hall–Kier alpha value is -1.68. The summed E-state index contributed by atoms with van der Waals surface area (Å²) in [6.45, 7) is 6.08. The molecule has 0 aliphatic rings. The molecule has 2 rings (SSSR count). The van der Waals surface area contributed by atoms with Gasteiger partial charge in [-0.05, 0) is 44.5 Å². The predicted molar refractivity (Wildman–Crippen MR) is 72.9 cm³/mol. The van der Waals surface area contributed by atoms with E-state index in [4.69, 9.17) is 22.1 Å². The summed E-state index contributed by atoms with van der Waals surface area (Å²) in [5.74, 6) is 0.767. The summed E-state index contributed by atoms with van der Waals surface area (Å²) in [7, 11) is 0. The van der Waals surface area contributed by atoms with Crippen molar-refractivity contribution in [1.29, 1.82) is 0 Å². The Morgan fingerprint density at radius 1 is 1.33 bits per heavy atom. The zero-order chi connectivity index (χ0) is 13.3. The number of aryl methyl sites for hydroxylation is 2. The van der Waals surface area contributed by atoms with Gasteiger partial charge >= 0.3 is 0 Å². The van der Waals surface area contributed by atoms with Crippen LogP contribution >= 0.6 is 11.6 Å². The third kappa shape index (κ3) is 2.43. The third-order valence-corrected chi connectivity index (χ3v) is 3.34. The van der Waals surface area contributed by atoms with Crippen LogP contribution in [-0.4, -0.2) is 9.78 Å². The first-order chi connectivity index (χ1) is 8.49. The summed E-state index contributed by atoms with van der Waals surface area (Å²) in [6, 6.07) is 5.56. The summed E-state index contributed by atoms with van der Waals surface area (Å²) in [5.41, 5.74) is 9.30. The largest absolute Gasteiger partial charge is 0.471 e. The molecule has 1 aromatic carbocycles. The fourth-order valence-electron chi connectivity index (χ4n) is 1.68. The number of halogens is 1. The molecule has 2 N–H and O–H groups in total. The maximum absolute atomic E-state index is 5.96. The molecule has 96 valence electrons. The Balaban J connectivity index is 2.11. The van der Waals surface area contributed by atoms with Gasteiger partial charge in [-0.15, -0.1) is 0 Å². The number of nitrogen functional groups attached to an aromatic ring is 1. The van der Waals surface area contributed by atoms with Gasteiger partial charge in [-0.1, -0.05) is 11.6 Å². The van der Waals surface area contributed by atoms with Crippen LogP contribution in [-0.2, 0) is 6.73 Å². The summed E-state index contributed by atoms with van der Waals surface area (Å²) in [5, 5.41) is 5.04. The zero-order valence-electron chi connectivity index (χ0n) is 10.7. The van der Waals surface area contributed by atoms with Gasteiger partial charge in [0.2, 0.25) is 0 Å². The average molecular weight is 266 g/mol. The number of anilines is 1. The number of rotatable bonds is 3. The van der Waals surface area contributed by atoms with Crippen LogP contribution in [0.1, 0.15) is 17.0 Å². The summed E-state index contributed by atoms with van der Waals surface area (Å²) in [6.07, 6.45) is 0.